The van der Waals surface area contributed by atoms with Crippen LogP contribution in [0.15, 0.2) is 28.2 Å². The average Bonchev–Trinajstić information content (AvgIpc) is 2.83. The van der Waals surface area contributed by atoms with Gasteiger partial charge in [0.15, 0.2) is 0 Å². The largest absolute Gasteiger partial charge is 0.372 e. The van der Waals surface area contributed by atoms with Crippen LogP contribution >= 0.6 is 0 Å². The summed E-state index contributed by atoms with van der Waals surface area (Å²) in [7, 11) is -3.75. The Morgan fingerprint density at radius 2 is 1.86 bits per heavy atom. The lowest BCUT2D eigenvalue weighted by atomic mass is 10.0. The molecule has 8 heteroatoms. The second kappa shape index (κ2) is 8.67. The second-order valence-electron chi connectivity index (χ2n) is 7.50. The molecule has 1 fully saturated rings. The first kappa shape index (κ1) is 21.5. The van der Waals surface area contributed by atoms with Gasteiger partial charge >= 0.3 is 0 Å². The number of carbonyl (C=O) groups excluding carboxylic acids is 1. The lowest BCUT2D eigenvalue weighted by Crippen LogP contribution is -2.38. The highest BCUT2D eigenvalue weighted by atomic mass is 32.2. The lowest BCUT2D eigenvalue weighted by Gasteiger charge is -2.23. The van der Waals surface area contributed by atoms with Crippen molar-refractivity contribution in [1.82, 2.24) is 9.80 Å². The first-order chi connectivity index (χ1) is 13.7. The Hall–Kier alpha value is -2.19. The molecular weight excluding hydrogens is 390 g/mol. The van der Waals surface area contributed by atoms with E-state index in [-0.39, 0.29) is 17.4 Å². The summed E-state index contributed by atoms with van der Waals surface area (Å²) in [5.74, 6) is 0.468. The van der Waals surface area contributed by atoms with Crippen LogP contribution in [-0.2, 0) is 19.6 Å². The van der Waals surface area contributed by atoms with Crippen LogP contribution in [0.1, 0.15) is 37.0 Å². The maximum atomic E-state index is 12.8. The molecular formula is C21H29N3O4S. The van der Waals surface area contributed by atoms with Gasteiger partial charge in [0.1, 0.15) is 17.3 Å². The summed E-state index contributed by atoms with van der Waals surface area (Å²) in [5, 5.41) is 0. The van der Waals surface area contributed by atoms with E-state index < -0.39 is 10.0 Å². The molecule has 0 aromatic heterocycles. The van der Waals surface area contributed by atoms with E-state index >= 15 is 0 Å². The Morgan fingerprint density at radius 1 is 1.10 bits per heavy atom. The first-order valence-corrected chi connectivity index (χ1v) is 11.4. The summed E-state index contributed by atoms with van der Waals surface area (Å²) in [6, 6.07) is 5.68. The molecule has 0 unspecified atom stereocenters. The second-order valence-corrected chi connectivity index (χ2v) is 9.04. The Bertz CT molecular complexity index is 966. The molecule has 1 aromatic carbocycles. The number of rotatable bonds is 4. The lowest BCUT2D eigenvalue weighted by molar-refractivity contribution is -0.135. The third kappa shape index (κ3) is 4.53. The summed E-state index contributed by atoms with van der Waals surface area (Å²) in [6.45, 7) is 10.6. The van der Waals surface area contributed by atoms with Gasteiger partial charge < -0.3 is 14.5 Å². The number of hydrogen-bond donors (Lipinski definition) is 0. The molecule has 0 saturated carbocycles. The smallest absolute Gasteiger partial charge is 0.285 e. The fraction of sp³-hybridized carbons (Fsp3) is 0.524. The zero-order valence-electron chi connectivity index (χ0n) is 17.6. The molecule has 2 aliphatic rings. The summed E-state index contributed by atoms with van der Waals surface area (Å²) in [6.07, 6.45) is 0.753. The summed E-state index contributed by atoms with van der Waals surface area (Å²) < 4.78 is 35.0. The standard InChI is InChI=1S/C21H29N3O4S/c1-5-28-14-19(25)23-9-6-10-24(12-11-23)21-17(4)20(29(26,27)22-21)18-8-7-15(2)16(3)13-18/h7-8,13H,5-6,9-12,14H2,1-4H3. The van der Waals surface area contributed by atoms with E-state index in [9.17, 15) is 13.2 Å². The van der Waals surface area contributed by atoms with Gasteiger partial charge in [-0.25, -0.2) is 0 Å². The quantitative estimate of drug-likeness (QED) is 0.749. The summed E-state index contributed by atoms with van der Waals surface area (Å²) in [5.41, 5.74) is 3.51. The molecule has 7 nitrogen and oxygen atoms in total. The monoisotopic (exact) mass is 419 g/mol. The molecule has 158 valence electrons. The van der Waals surface area contributed by atoms with E-state index in [1.807, 2.05) is 50.8 Å². The summed E-state index contributed by atoms with van der Waals surface area (Å²) in [4.78, 5) is 16.3. The van der Waals surface area contributed by atoms with Crippen molar-refractivity contribution in [3.63, 3.8) is 0 Å². The highest BCUT2D eigenvalue weighted by Crippen LogP contribution is 2.34. The van der Waals surface area contributed by atoms with Crippen LogP contribution in [-0.4, -0.2) is 69.4 Å². The third-order valence-corrected chi connectivity index (χ3v) is 6.96. The Morgan fingerprint density at radius 3 is 2.55 bits per heavy atom. The minimum absolute atomic E-state index is 0.0298. The van der Waals surface area contributed by atoms with Gasteiger partial charge in [-0.3, -0.25) is 4.79 Å². The number of sulfonamides is 1. The van der Waals surface area contributed by atoms with E-state index in [2.05, 4.69) is 4.40 Å². The van der Waals surface area contributed by atoms with Crippen molar-refractivity contribution in [3.8, 4) is 0 Å². The number of carbonyl (C=O) groups is 1. The zero-order chi connectivity index (χ0) is 21.2. The van der Waals surface area contributed by atoms with Crippen LogP contribution in [0.2, 0.25) is 0 Å². The molecule has 3 rings (SSSR count). The molecule has 29 heavy (non-hydrogen) atoms. The number of amides is 1. The predicted octanol–water partition coefficient (Wildman–Crippen LogP) is 2.35. The van der Waals surface area contributed by atoms with Crippen LogP contribution in [0.5, 0.6) is 0 Å². The molecule has 1 amide bonds. The van der Waals surface area contributed by atoms with E-state index in [0.717, 1.165) is 17.5 Å². The van der Waals surface area contributed by atoms with Gasteiger partial charge in [-0.15, -0.1) is 4.40 Å². The Balaban J connectivity index is 1.83. The predicted molar refractivity (Wildman–Crippen MR) is 114 cm³/mol. The van der Waals surface area contributed by atoms with Crippen LogP contribution in [0.25, 0.3) is 4.91 Å². The van der Waals surface area contributed by atoms with Crippen LogP contribution < -0.4 is 0 Å². The van der Waals surface area contributed by atoms with Crippen molar-refractivity contribution in [3.05, 3.63) is 40.5 Å². The van der Waals surface area contributed by atoms with Crippen LogP contribution in [0.4, 0.5) is 0 Å². The minimum atomic E-state index is -3.75. The number of benzene rings is 1. The van der Waals surface area contributed by atoms with Crippen molar-refractivity contribution in [1.29, 1.82) is 0 Å². The molecule has 1 aromatic rings. The van der Waals surface area contributed by atoms with Crippen molar-refractivity contribution < 1.29 is 17.9 Å². The van der Waals surface area contributed by atoms with E-state index in [4.69, 9.17) is 4.74 Å². The molecule has 0 bridgehead atoms. The Kier molecular flexibility index (Phi) is 6.43. The van der Waals surface area contributed by atoms with Crippen molar-refractivity contribution in [2.24, 2.45) is 4.40 Å². The Labute approximate surface area is 173 Å². The third-order valence-electron chi connectivity index (χ3n) is 5.49. The van der Waals surface area contributed by atoms with Gasteiger partial charge in [-0.1, -0.05) is 18.2 Å². The van der Waals surface area contributed by atoms with Crippen molar-refractivity contribution in [2.45, 2.75) is 34.1 Å². The maximum absolute atomic E-state index is 12.8. The van der Waals surface area contributed by atoms with Crippen molar-refractivity contribution >= 4 is 26.7 Å². The maximum Gasteiger partial charge on any atom is 0.285 e. The number of amidine groups is 1. The fourth-order valence-corrected chi connectivity index (χ4v) is 5.20. The number of hydrogen-bond acceptors (Lipinski definition) is 5. The number of ether oxygens (including phenoxy) is 1. The SMILES string of the molecule is CCOCC(=O)N1CCCN(C2=NS(=O)(=O)C(c3ccc(C)c(C)c3)=C2C)CC1. The van der Waals surface area contributed by atoms with E-state index in [1.54, 1.807) is 4.90 Å². The normalized spacial score (nSPS) is 19.4. The van der Waals surface area contributed by atoms with Gasteiger partial charge in [-0.2, -0.15) is 8.42 Å². The minimum Gasteiger partial charge on any atom is -0.372 e. The fourth-order valence-electron chi connectivity index (χ4n) is 3.73. The zero-order valence-corrected chi connectivity index (χ0v) is 18.4. The summed E-state index contributed by atoms with van der Waals surface area (Å²) >= 11 is 0. The van der Waals surface area contributed by atoms with Gasteiger partial charge in [-0.05, 0) is 50.8 Å². The molecule has 1 saturated heterocycles. The van der Waals surface area contributed by atoms with Gasteiger partial charge in [0, 0.05) is 38.4 Å². The molecule has 0 N–H and O–H groups in total. The first-order valence-electron chi connectivity index (χ1n) is 9.99. The molecule has 0 aliphatic carbocycles. The molecule has 0 spiro atoms. The highest BCUT2D eigenvalue weighted by molar-refractivity contribution is 8.00. The molecule has 2 heterocycles. The number of aryl methyl sites for hydroxylation is 2. The van der Waals surface area contributed by atoms with Gasteiger partial charge in [0.05, 0.1) is 0 Å². The van der Waals surface area contributed by atoms with E-state index in [0.29, 0.717) is 49.8 Å². The number of nitrogens with zero attached hydrogens (tertiary/aromatic N) is 3. The van der Waals surface area contributed by atoms with Crippen LogP contribution in [0.3, 0.4) is 0 Å². The van der Waals surface area contributed by atoms with E-state index in [1.165, 1.54) is 0 Å². The van der Waals surface area contributed by atoms with Gasteiger partial charge in [0.2, 0.25) is 5.91 Å². The van der Waals surface area contributed by atoms with Crippen molar-refractivity contribution in [2.75, 3.05) is 39.4 Å². The highest BCUT2D eigenvalue weighted by Gasteiger charge is 2.34. The molecule has 0 atom stereocenters. The van der Waals surface area contributed by atoms with Crippen LogP contribution in [0, 0.1) is 13.8 Å². The van der Waals surface area contributed by atoms with Gasteiger partial charge in [0.25, 0.3) is 10.0 Å². The topological polar surface area (TPSA) is 79.3 Å². The average molecular weight is 420 g/mol. The molecule has 0 radical (unpaired) electrons. The molecule has 2 aliphatic heterocycles.